The SMILES string of the molecule is CCOCc1c(C)cc(C2C(=O)Oc3c2cc(C(C)(C)C)cc3C(C)(C)C)cc1C. The Kier molecular flexibility index (Phi) is 5.90. The molecule has 0 amide bonds. The molecule has 1 unspecified atom stereocenters. The van der Waals surface area contributed by atoms with Crippen LogP contribution in [0.25, 0.3) is 0 Å². The lowest BCUT2D eigenvalue weighted by molar-refractivity contribution is -0.133. The lowest BCUT2D eigenvalue weighted by atomic mass is 9.77. The summed E-state index contributed by atoms with van der Waals surface area (Å²) in [6, 6.07) is 8.65. The number of hydrogen-bond donors (Lipinski definition) is 0. The van der Waals surface area contributed by atoms with Crippen molar-refractivity contribution in [3.05, 3.63) is 63.2 Å². The van der Waals surface area contributed by atoms with Crippen LogP contribution in [0.2, 0.25) is 0 Å². The van der Waals surface area contributed by atoms with Gasteiger partial charge in [-0.3, -0.25) is 4.79 Å². The van der Waals surface area contributed by atoms with Gasteiger partial charge in [-0.05, 0) is 59.4 Å². The van der Waals surface area contributed by atoms with Crippen LogP contribution in [-0.4, -0.2) is 12.6 Å². The van der Waals surface area contributed by atoms with Gasteiger partial charge in [0.2, 0.25) is 0 Å². The molecule has 0 fully saturated rings. The molecule has 3 heteroatoms. The molecule has 0 saturated heterocycles. The summed E-state index contributed by atoms with van der Waals surface area (Å²) in [4.78, 5) is 13.1. The average molecular weight is 409 g/mol. The molecule has 162 valence electrons. The summed E-state index contributed by atoms with van der Waals surface area (Å²) >= 11 is 0. The van der Waals surface area contributed by atoms with E-state index in [0.29, 0.717) is 13.2 Å². The molecule has 0 aromatic heterocycles. The van der Waals surface area contributed by atoms with Gasteiger partial charge >= 0.3 is 5.97 Å². The molecule has 0 radical (unpaired) electrons. The number of carbonyl (C=O) groups is 1. The molecule has 0 spiro atoms. The molecule has 1 aliphatic rings. The van der Waals surface area contributed by atoms with Gasteiger partial charge in [0.25, 0.3) is 0 Å². The standard InChI is InChI=1S/C27H36O3/c1-10-29-15-21-16(2)11-18(12-17(21)3)23-20-13-19(26(4,5)6)14-22(27(7,8)9)24(20)30-25(23)28/h11-14,23H,10,15H2,1-9H3. The summed E-state index contributed by atoms with van der Waals surface area (Å²) in [6.07, 6.45) is 0. The van der Waals surface area contributed by atoms with Crippen LogP contribution >= 0.6 is 0 Å². The molecular weight excluding hydrogens is 372 g/mol. The second-order valence-electron chi connectivity index (χ2n) is 10.6. The lowest BCUT2D eigenvalue weighted by Gasteiger charge is -2.27. The summed E-state index contributed by atoms with van der Waals surface area (Å²) in [5.41, 5.74) is 7.70. The van der Waals surface area contributed by atoms with Crippen LogP contribution in [0.3, 0.4) is 0 Å². The molecule has 1 atom stereocenters. The number of carbonyl (C=O) groups excluding carboxylic acids is 1. The Hall–Kier alpha value is -2.13. The number of esters is 1. The van der Waals surface area contributed by atoms with Gasteiger partial charge in [-0.2, -0.15) is 0 Å². The Morgan fingerprint density at radius 2 is 1.53 bits per heavy atom. The molecule has 2 aromatic carbocycles. The lowest BCUT2D eigenvalue weighted by Crippen LogP contribution is -2.17. The third kappa shape index (κ3) is 4.18. The van der Waals surface area contributed by atoms with Crippen molar-refractivity contribution in [2.75, 3.05) is 6.61 Å². The minimum absolute atomic E-state index is 0.0155. The Labute approximate surface area is 181 Å². The third-order valence-electron chi connectivity index (χ3n) is 6.04. The maximum absolute atomic E-state index is 13.1. The molecule has 30 heavy (non-hydrogen) atoms. The van der Waals surface area contributed by atoms with Gasteiger partial charge in [0.15, 0.2) is 0 Å². The van der Waals surface area contributed by atoms with E-state index in [-0.39, 0.29) is 22.7 Å². The van der Waals surface area contributed by atoms with Gasteiger partial charge in [-0.25, -0.2) is 0 Å². The minimum Gasteiger partial charge on any atom is -0.425 e. The second-order valence-corrected chi connectivity index (χ2v) is 10.6. The van der Waals surface area contributed by atoms with Crippen molar-refractivity contribution in [2.24, 2.45) is 0 Å². The number of aryl methyl sites for hydroxylation is 2. The van der Waals surface area contributed by atoms with E-state index in [0.717, 1.165) is 33.6 Å². The second kappa shape index (κ2) is 7.85. The number of ether oxygens (including phenoxy) is 2. The van der Waals surface area contributed by atoms with Crippen LogP contribution in [0.4, 0.5) is 0 Å². The van der Waals surface area contributed by atoms with Gasteiger partial charge in [0, 0.05) is 17.7 Å². The first-order valence-corrected chi connectivity index (χ1v) is 10.9. The van der Waals surface area contributed by atoms with Crippen molar-refractivity contribution in [3.63, 3.8) is 0 Å². The fourth-order valence-corrected chi connectivity index (χ4v) is 4.20. The molecule has 1 heterocycles. The van der Waals surface area contributed by atoms with E-state index in [2.05, 4.69) is 79.7 Å². The van der Waals surface area contributed by atoms with Crippen molar-refractivity contribution >= 4 is 5.97 Å². The Morgan fingerprint density at radius 1 is 0.933 bits per heavy atom. The zero-order valence-corrected chi connectivity index (χ0v) is 20.0. The molecule has 0 aliphatic carbocycles. The minimum atomic E-state index is -0.387. The van der Waals surface area contributed by atoms with Crippen LogP contribution in [0.15, 0.2) is 24.3 Å². The fraction of sp³-hybridized carbons (Fsp3) is 0.519. The Balaban J connectivity index is 2.19. The van der Waals surface area contributed by atoms with E-state index in [1.165, 1.54) is 11.1 Å². The Bertz CT molecular complexity index is 948. The predicted molar refractivity (Wildman–Crippen MR) is 123 cm³/mol. The summed E-state index contributed by atoms with van der Waals surface area (Å²) in [5.74, 6) is 0.180. The highest BCUT2D eigenvalue weighted by molar-refractivity contribution is 5.90. The number of rotatable bonds is 4. The van der Waals surface area contributed by atoms with E-state index in [9.17, 15) is 4.79 Å². The topological polar surface area (TPSA) is 35.5 Å². The maximum atomic E-state index is 13.1. The number of fused-ring (bicyclic) bond motifs is 1. The van der Waals surface area contributed by atoms with E-state index >= 15 is 0 Å². The molecule has 0 N–H and O–H groups in total. The van der Waals surface area contributed by atoms with Crippen LogP contribution in [0.1, 0.15) is 93.3 Å². The van der Waals surface area contributed by atoms with Crippen molar-refractivity contribution in [2.45, 2.75) is 85.7 Å². The molecule has 3 rings (SSSR count). The van der Waals surface area contributed by atoms with Crippen LogP contribution in [0.5, 0.6) is 5.75 Å². The summed E-state index contributed by atoms with van der Waals surface area (Å²) in [6.45, 7) is 20.6. The van der Waals surface area contributed by atoms with Crippen molar-refractivity contribution in [1.29, 1.82) is 0 Å². The van der Waals surface area contributed by atoms with E-state index in [1.807, 2.05) is 6.92 Å². The van der Waals surface area contributed by atoms with E-state index < -0.39 is 0 Å². The zero-order chi connectivity index (χ0) is 22.4. The van der Waals surface area contributed by atoms with Crippen molar-refractivity contribution < 1.29 is 14.3 Å². The smallest absolute Gasteiger partial charge is 0.323 e. The van der Waals surface area contributed by atoms with Crippen molar-refractivity contribution in [3.8, 4) is 5.75 Å². The summed E-state index contributed by atoms with van der Waals surface area (Å²) in [7, 11) is 0. The fourth-order valence-electron chi connectivity index (χ4n) is 4.20. The van der Waals surface area contributed by atoms with E-state index in [1.54, 1.807) is 0 Å². The highest BCUT2D eigenvalue weighted by atomic mass is 16.5. The summed E-state index contributed by atoms with van der Waals surface area (Å²) in [5, 5.41) is 0. The van der Waals surface area contributed by atoms with Gasteiger partial charge < -0.3 is 9.47 Å². The van der Waals surface area contributed by atoms with Gasteiger partial charge in [0.1, 0.15) is 11.7 Å². The normalized spacial score (nSPS) is 16.6. The highest BCUT2D eigenvalue weighted by Gasteiger charge is 2.39. The predicted octanol–water partition coefficient (Wildman–Crippen LogP) is 6.49. The molecule has 1 aliphatic heterocycles. The first kappa shape index (κ1) is 22.6. The van der Waals surface area contributed by atoms with Gasteiger partial charge in [-0.1, -0.05) is 65.8 Å². The molecule has 2 aromatic rings. The number of hydrogen-bond acceptors (Lipinski definition) is 3. The molecular formula is C27H36O3. The first-order chi connectivity index (χ1) is 13.8. The molecule has 3 nitrogen and oxygen atoms in total. The van der Waals surface area contributed by atoms with Gasteiger partial charge in [0.05, 0.1) is 6.61 Å². The monoisotopic (exact) mass is 408 g/mol. The average Bonchev–Trinajstić information content (AvgIpc) is 2.94. The largest absolute Gasteiger partial charge is 0.425 e. The van der Waals surface area contributed by atoms with Crippen LogP contribution < -0.4 is 4.74 Å². The molecule has 0 saturated carbocycles. The quantitative estimate of drug-likeness (QED) is 0.429. The van der Waals surface area contributed by atoms with Crippen LogP contribution in [-0.2, 0) is 27.0 Å². The van der Waals surface area contributed by atoms with Gasteiger partial charge in [-0.15, -0.1) is 0 Å². The maximum Gasteiger partial charge on any atom is 0.323 e. The Morgan fingerprint density at radius 3 is 2.03 bits per heavy atom. The molecule has 0 bridgehead atoms. The number of benzene rings is 2. The van der Waals surface area contributed by atoms with E-state index in [4.69, 9.17) is 9.47 Å². The van der Waals surface area contributed by atoms with Crippen molar-refractivity contribution in [1.82, 2.24) is 0 Å². The highest BCUT2D eigenvalue weighted by Crippen LogP contribution is 2.47. The summed E-state index contributed by atoms with van der Waals surface area (Å²) < 4.78 is 11.5. The third-order valence-corrected chi connectivity index (χ3v) is 6.04. The van der Waals surface area contributed by atoms with Crippen LogP contribution in [0, 0.1) is 13.8 Å². The first-order valence-electron chi connectivity index (χ1n) is 10.9. The zero-order valence-electron chi connectivity index (χ0n) is 20.0.